The first kappa shape index (κ1) is 15.8. The highest BCUT2D eigenvalue weighted by molar-refractivity contribution is 7.89. The van der Waals surface area contributed by atoms with Crippen molar-refractivity contribution in [3.05, 3.63) is 24.3 Å². The van der Waals surface area contributed by atoms with E-state index in [4.69, 9.17) is 9.84 Å². The molecule has 7 heteroatoms. The number of rotatable bonds is 8. The van der Waals surface area contributed by atoms with Gasteiger partial charge in [-0.15, -0.1) is 0 Å². The van der Waals surface area contributed by atoms with Gasteiger partial charge in [-0.1, -0.05) is 6.92 Å². The van der Waals surface area contributed by atoms with E-state index in [1.54, 1.807) is 0 Å². The second kappa shape index (κ2) is 6.03. The molecule has 2 rings (SSSR count). The van der Waals surface area contributed by atoms with E-state index in [2.05, 4.69) is 11.6 Å². The number of hydrogen-bond donors (Lipinski definition) is 2. The lowest BCUT2D eigenvalue weighted by Crippen LogP contribution is -2.30. The first-order valence-corrected chi connectivity index (χ1v) is 8.30. The van der Waals surface area contributed by atoms with Gasteiger partial charge in [0.25, 0.3) is 0 Å². The van der Waals surface area contributed by atoms with Gasteiger partial charge in [-0.25, -0.2) is 17.9 Å². The smallest absolute Gasteiger partial charge is 0.341 e. The molecule has 0 saturated heterocycles. The maximum Gasteiger partial charge on any atom is 0.341 e. The molecule has 0 unspecified atom stereocenters. The lowest BCUT2D eigenvalue weighted by atomic mass is 10.1. The van der Waals surface area contributed by atoms with Crippen molar-refractivity contribution in [1.82, 2.24) is 4.72 Å². The summed E-state index contributed by atoms with van der Waals surface area (Å²) in [5, 5.41) is 8.50. The second-order valence-electron chi connectivity index (χ2n) is 5.33. The zero-order valence-corrected chi connectivity index (χ0v) is 12.6. The minimum atomic E-state index is -3.53. The third-order valence-electron chi connectivity index (χ3n) is 3.84. The predicted octanol–water partition coefficient (Wildman–Crippen LogP) is 1.62. The van der Waals surface area contributed by atoms with Gasteiger partial charge in [0.15, 0.2) is 6.61 Å². The maximum absolute atomic E-state index is 12.2. The predicted molar refractivity (Wildman–Crippen MR) is 76.7 cm³/mol. The van der Waals surface area contributed by atoms with Gasteiger partial charge in [-0.3, -0.25) is 0 Å². The van der Waals surface area contributed by atoms with Gasteiger partial charge >= 0.3 is 5.97 Å². The topological polar surface area (TPSA) is 92.7 Å². The van der Waals surface area contributed by atoms with Crippen LogP contribution in [0.3, 0.4) is 0 Å². The quantitative estimate of drug-likeness (QED) is 0.761. The van der Waals surface area contributed by atoms with E-state index in [9.17, 15) is 13.2 Å². The third-order valence-corrected chi connectivity index (χ3v) is 5.26. The Bertz CT molecular complexity index is 605. The van der Waals surface area contributed by atoms with Crippen LogP contribution in [0.5, 0.6) is 5.75 Å². The number of aliphatic carboxylic acids is 1. The number of benzene rings is 1. The number of nitrogens with one attached hydrogen (secondary N) is 1. The van der Waals surface area contributed by atoms with Gasteiger partial charge in [0.2, 0.25) is 10.0 Å². The van der Waals surface area contributed by atoms with E-state index in [1.807, 2.05) is 0 Å². The van der Waals surface area contributed by atoms with Gasteiger partial charge in [-0.2, -0.15) is 0 Å². The molecule has 1 aromatic rings. The minimum absolute atomic E-state index is 0.137. The van der Waals surface area contributed by atoms with Crippen LogP contribution in [-0.2, 0) is 14.8 Å². The van der Waals surface area contributed by atoms with Crippen molar-refractivity contribution in [3.8, 4) is 5.75 Å². The summed E-state index contributed by atoms with van der Waals surface area (Å²) in [4.78, 5) is 10.5. The van der Waals surface area contributed by atoms with Crippen molar-refractivity contribution < 1.29 is 23.1 Å². The molecule has 116 valence electrons. The zero-order valence-electron chi connectivity index (χ0n) is 11.8. The largest absolute Gasteiger partial charge is 0.482 e. The van der Waals surface area contributed by atoms with Crippen LogP contribution in [0, 0.1) is 5.41 Å². The Kier molecular flexibility index (Phi) is 4.53. The van der Waals surface area contributed by atoms with Gasteiger partial charge in [0, 0.05) is 6.54 Å². The fourth-order valence-corrected chi connectivity index (χ4v) is 3.18. The Hall–Kier alpha value is -1.60. The number of ether oxygens (including phenoxy) is 1. The summed E-state index contributed by atoms with van der Waals surface area (Å²) in [6.45, 7) is 2.07. The number of hydrogen-bond acceptors (Lipinski definition) is 4. The van der Waals surface area contributed by atoms with Crippen molar-refractivity contribution >= 4 is 16.0 Å². The van der Waals surface area contributed by atoms with E-state index in [1.165, 1.54) is 24.3 Å². The van der Waals surface area contributed by atoms with E-state index in [-0.39, 0.29) is 10.3 Å². The molecule has 21 heavy (non-hydrogen) atoms. The van der Waals surface area contributed by atoms with E-state index in [0.717, 1.165) is 19.3 Å². The van der Waals surface area contributed by atoms with Crippen molar-refractivity contribution in [3.63, 3.8) is 0 Å². The van der Waals surface area contributed by atoms with Crippen molar-refractivity contribution in [2.24, 2.45) is 5.41 Å². The monoisotopic (exact) mass is 313 g/mol. The average molecular weight is 313 g/mol. The van der Waals surface area contributed by atoms with Crippen LogP contribution in [0.4, 0.5) is 0 Å². The average Bonchev–Trinajstić information content (AvgIpc) is 3.24. The van der Waals surface area contributed by atoms with Crippen LogP contribution in [0.1, 0.15) is 26.2 Å². The number of carboxylic acid groups (broad SMARTS) is 1. The van der Waals surface area contributed by atoms with Crippen LogP contribution >= 0.6 is 0 Å². The van der Waals surface area contributed by atoms with E-state index >= 15 is 0 Å². The van der Waals surface area contributed by atoms with Crippen LogP contribution in [0.25, 0.3) is 0 Å². The fraction of sp³-hybridized carbons (Fsp3) is 0.500. The molecule has 6 nitrogen and oxygen atoms in total. The standard InChI is InChI=1S/C14H19NO5S/c1-2-14(7-8-14)10-15-21(18,19)12-5-3-11(4-6-12)20-9-13(16)17/h3-6,15H,2,7-10H2,1H3,(H,16,17). The summed E-state index contributed by atoms with van der Waals surface area (Å²) in [6.07, 6.45) is 3.10. The Labute approximate surface area is 124 Å². The molecule has 0 radical (unpaired) electrons. The Morgan fingerprint density at radius 2 is 1.95 bits per heavy atom. The summed E-state index contributed by atoms with van der Waals surface area (Å²) in [5.74, 6) is -0.758. The molecule has 0 spiro atoms. The summed E-state index contributed by atoms with van der Waals surface area (Å²) < 4.78 is 31.9. The molecule has 2 N–H and O–H groups in total. The third kappa shape index (κ3) is 4.18. The number of carbonyl (C=O) groups is 1. The molecule has 0 bridgehead atoms. The van der Waals surface area contributed by atoms with Crippen LogP contribution < -0.4 is 9.46 Å². The zero-order chi connectivity index (χ0) is 15.5. The van der Waals surface area contributed by atoms with Gasteiger partial charge < -0.3 is 9.84 Å². The Morgan fingerprint density at radius 1 is 1.33 bits per heavy atom. The Balaban J connectivity index is 1.98. The summed E-state index contributed by atoms with van der Waals surface area (Å²) in [6, 6.07) is 5.71. The Morgan fingerprint density at radius 3 is 2.43 bits per heavy atom. The summed E-state index contributed by atoms with van der Waals surface area (Å²) in [5.41, 5.74) is 0.137. The molecule has 1 aliphatic rings. The SMILES string of the molecule is CCC1(CNS(=O)(=O)c2ccc(OCC(=O)O)cc2)CC1. The number of carboxylic acids is 1. The van der Waals surface area contributed by atoms with Gasteiger partial charge in [0.1, 0.15) is 5.75 Å². The molecular weight excluding hydrogens is 294 g/mol. The van der Waals surface area contributed by atoms with E-state index < -0.39 is 22.6 Å². The molecule has 0 heterocycles. The first-order chi connectivity index (χ1) is 9.87. The second-order valence-corrected chi connectivity index (χ2v) is 7.10. The molecular formula is C14H19NO5S. The lowest BCUT2D eigenvalue weighted by Gasteiger charge is -2.14. The van der Waals surface area contributed by atoms with Crippen molar-refractivity contribution in [2.45, 2.75) is 31.1 Å². The molecule has 1 aromatic carbocycles. The number of sulfonamides is 1. The highest BCUT2D eigenvalue weighted by Crippen LogP contribution is 2.48. The molecule has 0 aliphatic heterocycles. The lowest BCUT2D eigenvalue weighted by molar-refractivity contribution is -0.139. The molecule has 0 amide bonds. The maximum atomic E-state index is 12.2. The molecule has 0 atom stereocenters. The molecule has 1 fully saturated rings. The van der Waals surface area contributed by atoms with Crippen LogP contribution in [0.15, 0.2) is 29.2 Å². The summed E-state index contributed by atoms with van der Waals surface area (Å²) >= 11 is 0. The highest BCUT2D eigenvalue weighted by Gasteiger charge is 2.41. The summed E-state index contributed by atoms with van der Waals surface area (Å²) in [7, 11) is -3.53. The van der Waals surface area contributed by atoms with Crippen LogP contribution in [-0.4, -0.2) is 32.6 Å². The van der Waals surface area contributed by atoms with E-state index in [0.29, 0.717) is 12.3 Å². The first-order valence-electron chi connectivity index (χ1n) is 6.81. The minimum Gasteiger partial charge on any atom is -0.482 e. The van der Waals surface area contributed by atoms with Gasteiger partial charge in [0.05, 0.1) is 4.90 Å². The molecule has 1 saturated carbocycles. The van der Waals surface area contributed by atoms with Gasteiger partial charge in [-0.05, 0) is 48.9 Å². The van der Waals surface area contributed by atoms with Crippen LogP contribution in [0.2, 0.25) is 0 Å². The molecule has 0 aromatic heterocycles. The normalized spacial score (nSPS) is 16.4. The molecule has 1 aliphatic carbocycles. The fourth-order valence-electron chi connectivity index (χ4n) is 2.02. The highest BCUT2D eigenvalue weighted by atomic mass is 32.2. The van der Waals surface area contributed by atoms with Crippen molar-refractivity contribution in [1.29, 1.82) is 0 Å². The van der Waals surface area contributed by atoms with Crippen molar-refractivity contribution in [2.75, 3.05) is 13.2 Å².